The highest BCUT2D eigenvalue weighted by Crippen LogP contribution is 2.33. The van der Waals surface area contributed by atoms with E-state index >= 15 is 0 Å². The van der Waals surface area contributed by atoms with Gasteiger partial charge in [-0.05, 0) is 36.2 Å². The van der Waals surface area contributed by atoms with Crippen molar-refractivity contribution in [1.29, 1.82) is 0 Å². The minimum absolute atomic E-state index is 0.346. The molecule has 3 aromatic rings. The Morgan fingerprint density at radius 3 is 2.24 bits per heavy atom. The summed E-state index contributed by atoms with van der Waals surface area (Å²) in [4.78, 5) is 11.6. The zero-order valence-corrected chi connectivity index (χ0v) is 12.1. The predicted octanol–water partition coefficient (Wildman–Crippen LogP) is 4.82. The van der Waals surface area contributed by atoms with Crippen LogP contribution in [0.2, 0.25) is 0 Å². The van der Waals surface area contributed by atoms with Crippen LogP contribution >= 0.6 is 0 Å². The van der Waals surface area contributed by atoms with E-state index in [0.717, 1.165) is 33.0 Å². The van der Waals surface area contributed by atoms with Gasteiger partial charge in [-0.1, -0.05) is 59.7 Å². The molecule has 2 nitrogen and oxygen atoms in total. The van der Waals surface area contributed by atoms with Gasteiger partial charge in [-0.25, -0.2) is 4.79 Å². The van der Waals surface area contributed by atoms with Crippen molar-refractivity contribution < 1.29 is 9.90 Å². The van der Waals surface area contributed by atoms with Gasteiger partial charge < -0.3 is 5.11 Å². The van der Waals surface area contributed by atoms with Crippen molar-refractivity contribution in [3.8, 4) is 11.1 Å². The number of aryl methyl sites for hydroxylation is 2. The molecule has 0 radical (unpaired) electrons. The molecule has 0 saturated heterocycles. The number of carboxylic acids is 1. The highest BCUT2D eigenvalue weighted by molar-refractivity contribution is 6.07. The minimum Gasteiger partial charge on any atom is -0.478 e. The number of carbonyl (C=O) groups is 1. The van der Waals surface area contributed by atoms with E-state index in [4.69, 9.17) is 0 Å². The number of benzene rings is 3. The lowest BCUT2D eigenvalue weighted by molar-refractivity contribution is 0.0698. The van der Waals surface area contributed by atoms with Gasteiger partial charge in [-0.15, -0.1) is 0 Å². The van der Waals surface area contributed by atoms with E-state index in [0.29, 0.717) is 5.56 Å². The smallest absolute Gasteiger partial charge is 0.336 e. The first kappa shape index (κ1) is 13.4. The summed E-state index contributed by atoms with van der Waals surface area (Å²) in [7, 11) is 0. The van der Waals surface area contributed by atoms with Gasteiger partial charge in [0.05, 0.1) is 5.56 Å². The highest BCUT2D eigenvalue weighted by Gasteiger charge is 2.15. The van der Waals surface area contributed by atoms with Crippen LogP contribution in [0.15, 0.2) is 54.6 Å². The summed E-state index contributed by atoms with van der Waals surface area (Å²) in [5.41, 5.74) is 4.37. The number of hydrogen-bond acceptors (Lipinski definition) is 1. The fourth-order valence-corrected chi connectivity index (χ4v) is 2.88. The summed E-state index contributed by atoms with van der Waals surface area (Å²) < 4.78 is 0. The molecule has 3 rings (SSSR count). The Hall–Kier alpha value is -2.61. The maximum Gasteiger partial charge on any atom is 0.336 e. The lowest BCUT2D eigenvalue weighted by atomic mass is 9.91. The van der Waals surface area contributed by atoms with Gasteiger partial charge in [0.2, 0.25) is 0 Å². The molecule has 0 aliphatic heterocycles. The first-order chi connectivity index (χ1) is 10.1. The van der Waals surface area contributed by atoms with Gasteiger partial charge in [-0.3, -0.25) is 0 Å². The van der Waals surface area contributed by atoms with E-state index in [2.05, 4.69) is 6.07 Å². The molecule has 0 amide bonds. The number of carboxylic acid groups (broad SMARTS) is 1. The third-order valence-electron chi connectivity index (χ3n) is 3.67. The summed E-state index contributed by atoms with van der Waals surface area (Å²) in [5.74, 6) is -0.894. The second-order valence-electron chi connectivity index (χ2n) is 5.39. The van der Waals surface area contributed by atoms with Crippen molar-refractivity contribution >= 4 is 16.7 Å². The molecular weight excluding hydrogens is 260 g/mol. The van der Waals surface area contributed by atoms with Crippen LogP contribution in [-0.2, 0) is 0 Å². The molecule has 0 fully saturated rings. The number of fused-ring (bicyclic) bond motifs is 1. The Bertz CT molecular complexity index is 827. The largest absolute Gasteiger partial charge is 0.478 e. The van der Waals surface area contributed by atoms with Crippen molar-refractivity contribution in [2.24, 2.45) is 0 Å². The SMILES string of the molecule is Cc1cc(C)cc(-c2c(C(=O)O)ccc3ccccc23)c1. The van der Waals surface area contributed by atoms with Crippen LogP contribution in [-0.4, -0.2) is 11.1 Å². The van der Waals surface area contributed by atoms with Crippen molar-refractivity contribution in [3.63, 3.8) is 0 Å². The summed E-state index contributed by atoms with van der Waals surface area (Å²) in [6.45, 7) is 4.06. The fraction of sp³-hybridized carbons (Fsp3) is 0.105. The highest BCUT2D eigenvalue weighted by atomic mass is 16.4. The quantitative estimate of drug-likeness (QED) is 0.728. The number of aromatic carboxylic acids is 1. The van der Waals surface area contributed by atoms with Crippen molar-refractivity contribution in [2.75, 3.05) is 0 Å². The molecule has 2 heteroatoms. The van der Waals surface area contributed by atoms with Gasteiger partial charge in [0, 0.05) is 5.56 Å². The van der Waals surface area contributed by atoms with Crippen molar-refractivity contribution in [3.05, 3.63) is 71.3 Å². The summed E-state index contributed by atoms with van der Waals surface area (Å²) in [5, 5.41) is 11.6. The Kier molecular flexibility index (Phi) is 3.22. The summed E-state index contributed by atoms with van der Waals surface area (Å²) >= 11 is 0. The predicted molar refractivity (Wildman–Crippen MR) is 85.8 cm³/mol. The molecule has 3 aromatic carbocycles. The van der Waals surface area contributed by atoms with E-state index in [1.807, 2.05) is 56.3 Å². The lowest BCUT2D eigenvalue weighted by Crippen LogP contribution is -2.00. The molecule has 104 valence electrons. The second kappa shape index (κ2) is 5.06. The Morgan fingerprint density at radius 2 is 1.57 bits per heavy atom. The second-order valence-corrected chi connectivity index (χ2v) is 5.39. The van der Waals surface area contributed by atoms with Crippen LogP contribution in [0.5, 0.6) is 0 Å². The molecule has 0 bridgehead atoms. The van der Waals surface area contributed by atoms with E-state index in [1.54, 1.807) is 6.07 Å². The van der Waals surface area contributed by atoms with Gasteiger partial charge >= 0.3 is 5.97 Å². The summed E-state index contributed by atoms with van der Waals surface area (Å²) in [6, 6.07) is 17.6. The zero-order chi connectivity index (χ0) is 15.0. The van der Waals surface area contributed by atoms with Crippen LogP contribution < -0.4 is 0 Å². The molecule has 21 heavy (non-hydrogen) atoms. The van der Waals surface area contributed by atoms with E-state index in [1.165, 1.54) is 0 Å². The molecule has 0 heterocycles. The van der Waals surface area contributed by atoms with Crippen molar-refractivity contribution in [2.45, 2.75) is 13.8 Å². The van der Waals surface area contributed by atoms with Crippen LogP contribution in [0.3, 0.4) is 0 Å². The van der Waals surface area contributed by atoms with Crippen LogP contribution in [0.4, 0.5) is 0 Å². The monoisotopic (exact) mass is 276 g/mol. The van der Waals surface area contributed by atoms with Crippen LogP contribution in [0.25, 0.3) is 21.9 Å². The Morgan fingerprint density at radius 1 is 0.905 bits per heavy atom. The third-order valence-corrected chi connectivity index (χ3v) is 3.67. The normalized spacial score (nSPS) is 10.8. The maximum atomic E-state index is 11.6. The molecule has 0 saturated carbocycles. The van der Waals surface area contributed by atoms with E-state index in [-0.39, 0.29) is 0 Å². The zero-order valence-electron chi connectivity index (χ0n) is 12.1. The number of hydrogen-bond donors (Lipinski definition) is 1. The van der Waals surface area contributed by atoms with Gasteiger partial charge in [0.15, 0.2) is 0 Å². The minimum atomic E-state index is -0.894. The Balaban J connectivity index is 2.43. The molecule has 0 aliphatic rings. The molecule has 0 unspecified atom stereocenters. The van der Waals surface area contributed by atoms with Crippen LogP contribution in [0, 0.1) is 13.8 Å². The average molecular weight is 276 g/mol. The van der Waals surface area contributed by atoms with Gasteiger partial charge in [0.1, 0.15) is 0 Å². The Labute approximate surface area is 123 Å². The molecule has 1 N–H and O–H groups in total. The molecule has 0 spiro atoms. The van der Waals surface area contributed by atoms with Crippen LogP contribution in [0.1, 0.15) is 21.5 Å². The number of rotatable bonds is 2. The lowest BCUT2D eigenvalue weighted by Gasteiger charge is -2.12. The van der Waals surface area contributed by atoms with Gasteiger partial charge in [0.25, 0.3) is 0 Å². The fourth-order valence-electron chi connectivity index (χ4n) is 2.88. The van der Waals surface area contributed by atoms with Gasteiger partial charge in [-0.2, -0.15) is 0 Å². The molecular formula is C19H16O2. The summed E-state index contributed by atoms with van der Waals surface area (Å²) in [6.07, 6.45) is 0. The van der Waals surface area contributed by atoms with Crippen molar-refractivity contribution in [1.82, 2.24) is 0 Å². The average Bonchev–Trinajstić information content (AvgIpc) is 2.44. The third kappa shape index (κ3) is 2.40. The first-order valence-electron chi connectivity index (χ1n) is 6.90. The standard InChI is InChI=1S/C19H16O2/c1-12-9-13(2)11-15(10-12)18-16-6-4-3-5-14(16)7-8-17(18)19(20)21/h3-11H,1-2H3,(H,20,21). The molecule has 0 atom stereocenters. The molecule has 0 aliphatic carbocycles. The molecule has 0 aromatic heterocycles. The first-order valence-corrected chi connectivity index (χ1v) is 6.90. The van der Waals surface area contributed by atoms with E-state index < -0.39 is 5.97 Å². The maximum absolute atomic E-state index is 11.6. The van der Waals surface area contributed by atoms with E-state index in [9.17, 15) is 9.90 Å². The topological polar surface area (TPSA) is 37.3 Å².